The molecule has 0 bridgehead atoms. The molecule has 0 saturated heterocycles. The summed E-state index contributed by atoms with van der Waals surface area (Å²) >= 11 is 5.26. The maximum atomic E-state index is 10.3. The summed E-state index contributed by atoms with van der Waals surface area (Å²) in [6, 6.07) is 6.15. The molecule has 0 unspecified atom stereocenters. The molecule has 1 aromatic carbocycles. The second-order valence-corrected chi connectivity index (χ2v) is 2.17. The van der Waals surface area contributed by atoms with Crippen molar-refractivity contribution in [2.75, 3.05) is 4.84 Å². The van der Waals surface area contributed by atoms with Crippen LogP contribution in [-0.2, 0) is 0 Å². The largest absolute Gasteiger partial charge is 0.478 e. The number of halogens is 1. The Morgan fingerprint density at radius 1 is 1.36 bits per heavy atom. The molecule has 1 rings (SSSR count). The van der Waals surface area contributed by atoms with Crippen LogP contribution in [0.15, 0.2) is 24.3 Å². The van der Waals surface area contributed by atoms with E-state index in [1.54, 1.807) is 12.1 Å². The highest BCUT2D eigenvalue weighted by molar-refractivity contribution is 6.23. The second kappa shape index (κ2) is 3.25. The maximum Gasteiger partial charge on any atom is 0.335 e. The van der Waals surface area contributed by atoms with Crippen LogP contribution in [0.25, 0.3) is 0 Å². The third-order valence-electron chi connectivity index (χ3n) is 1.24. The van der Waals surface area contributed by atoms with E-state index >= 15 is 0 Å². The number of hydrogen-bond donors (Lipinski definition) is 2. The number of anilines is 1. The van der Waals surface area contributed by atoms with Gasteiger partial charge in [0.1, 0.15) is 0 Å². The molecule has 0 aliphatic rings. The summed E-state index contributed by atoms with van der Waals surface area (Å²) in [6.07, 6.45) is 0. The number of hydrogen-bond acceptors (Lipinski definition) is 2. The van der Waals surface area contributed by atoms with Crippen molar-refractivity contribution in [3.8, 4) is 0 Å². The van der Waals surface area contributed by atoms with Gasteiger partial charge < -0.3 is 5.11 Å². The molecule has 0 aliphatic carbocycles. The highest BCUT2D eigenvalue weighted by Crippen LogP contribution is 2.09. The zero-order chi connectivity index (χ0) is 8.27. The smallest absolute Gasteiger partial charge is 0.335 e. The van der Waals surface area contributed by atoms with Crippen LogP contribution in [0.4, 0.5) is 5.69 Å². The lowest BCUT2D eigenvalue weighted by atomic mass is 10.2. The predicted molar refractivity (Wildman–Crippen MR) is 42.9 cm³/mol. The number of rotatable bonds is 2. The van der Waals surface area contributed by atoms with E-state index in [9.17, 15) is 4.79 Å². The Hall–Kier alpha value is -1.22. The van der Waals surface area contributed by atoms with Crippen LogP contribution in [-0.4, -0.2) is 11.1 Å². The highest BCUT2D eigenvalue weighted by atomic mass is 35.5. The first-order valence-corrected chi connectivity index (χ1v) is 3.32. The molecule has 0 aliphatic heterocycles. The molecule has 0 radical (unpaired) electrons. The van der Waals surface area contributed by atoms with E-state index in [0.717, 1.165) is 0 Å². The first-order chi connectivity index (χ1) is 5.24. The van der Waals surface area contributed by atoms with Gasteiger partial charge in [-0.15, -0.1) is 0 Å². The molecule has 2 N–H and O–H groups in total. The normalized spacial score (nSPS) is 9.18. The number of carboxylic acids is 1. The molecule has 0 spiro atoms. The molecule has 58 valence electrons. The number of carboxylic acid groups (broad SMARTS) is 1. The van der Waals surface area contributed by atoms with Gasteiger partial charge in [-0.3, -0.25) is 4.84 Å². The van der Waals surface area contributed by atoms with Crippen LogP contribution in [0.1, 0.15) is 10.4 Å². The van der Waals surface area contributed by atoms with Gasteiger partial charge in [0.15, 0.2) is 0 Å². The van der Waals surface area contributed by atoms with Gasteiger partial charge in [-0.25, -0.2) is 4.79 Å². The summed E-state index contributed by atoms with van der Waals surface area (Å²) in [5, 5.41) is 8.50. The Labute approximate surface area is 68.7 Å². The lowest BCUT2D eigenvalue weighted by Crippen LogP contribution is -1.94. The third kappa shape index (κ3) is 1.85. The summed E-state index contributed by atoms with van der Waals surface area (Å²) in [6.45, 7) is 0. The van der Waals surface area contributed by atoms with Crippen molar-refractivity contribution < 1.29 is 9.90 Å². The van der Waals surface area contributed by atoms with Crippen molar-refractivity contribution in [2.45, 2.75) is 0 Å². The van der Waals surface area contributed by atoms with E-state index in [1.807, 2.05) is 0 Å². The molecule has 0 fully saturated rings. The lowest BCUT2D eigenvalue weighted by molar-refractivity contribution is 0.0697. The Balaban J connectivity index is 2.91. The molecular weight excluding hydrogens is 166 g/mol. The molecular formula is C7H6ClNO2. The lowest BCUT2D eigenvalue weighted by Gasteiger charge is -1.96. The summed E-state index contributed by atoms with van der Waals surface area (Å²) in [5.74, 6) is -0.939. The van der Waals surface area contributed by atoms with Crippen LogP contribution in [0.5, 0.6) is 0 Å². The molecule has 3 nitrogen and oxygen atoms in total. The van der Waals surface area contributed by atoms with Gasteiger partial charge in [-0.05, 0) is 24.3 Å². The molecule has 1 aromatic rings. The second-order valence-electron chi connectivity index (χ2n) is 1.98. The fourth-order valence-electron chi connectivity index (χ4n) is 0.676. The van der Waals surface area contributed by atoms with E-state index in [4.69, 9.17) is 16.9 Å². The minimum atomic E-state index is -0.939. The summed E-state index contributed by atoms with van der Waals surface area (Å²) in [7, 11) is 0. The van der Waals surface area contributed by atoms with Crippen molar-refractivity contribution in [3.63, 3.8) is 0 Å². The van der Waals surface area contributed by atoms with Gasteiger partial charge in [0.25, 0.3) is 0 Å². The summed E-state index contributed by atoms with van der Waals surface area (Å²) in [5.41, 5.74) is 0.928. The molecule has 0 amide bonds. The number of aromatic carboxylic acids is 1. The SMILES string of the molecule is O=C(O)c1ccc(NCl)cc1. The topological polar surface area (TPSA) is 49.3 Å². The molecule has 0 aromatic heterocycles. The van der Waals surface area contributed by atoms with Crippen molar-refractivity contribution in [2.24, 2.45) is 0 Å². The quantitative estimate of drug-likeness (QED) is 0.669. The highest BCUT2D eigenvalue weighted by Gasteiger charge is 1.99. The number of carbonyl (C=O) groups is 1. The summed E-state index contributed by atoms with van der Waals surface area (Å²) < 4.78 is 0. The van der Waals surface area contributed by atoms with Crippen molar-refractivity contribution in [3.05, 3.63) is 29.8 Å². The monoisotopic (exact) mass is 171 g/mol. The Morgan fingerprint density at radius 3 is 2.27 bits per heavy atom. The van der Waals surface area contributed by atoms with E-state index in [1.165, 1.54) is 12.1 Å². The Bertz CT molecular complexity index is 258. The third-order valence-corrected chi connectivity index (χ3v) is 1.46. The Kier molecular flexibility index (Phi) is 2.33. The Morgan fingerprint density at radius 2 is 1.91 bits per heavy atom. The van der Waals surface area contributed by atoms with Gasteiger partial charge in [0.2, 0.25) is 0 Å². The van der Waals surface area contributed by atoms with Crippen LogP contribution in [0.2, 0.25) is 0 Å². The zero-order valence-electron chi connectivity index (χ0n) is 5.54. The fraction of sp³-hybridized carbons (Fsp3) is 0. The van der Waals surface area contributed by atoms with Crippen molar-refractivity contribution in [1.82, 2.24) is 0 Å². The van der Waals surface area contributed by atoms with Crippen LogP contribution in [0, 0.1) is 0 Å². The van der Waals surface area contributed by atoms with E-state index in [-0.39, 0.29) is 5.56 Å². The van der Waals surface area contributed by atoms with Crippen LogP contribution >= 0.6 is 11.8 Å². The van der Waals surface area contributed by atoms with Crippen molar-refractivity contribution >= 4 is 23.4 Å². The predicted octanol–water partition coefficient (Wildman–Crippen LogP) is 1.95. The van der Waals surface area contributed by atoms with Crippen LogP contribution < -0.4 is 4.84 Å². The minimum absolute atomic E-state index is 0.251. The molecule has 0 heterocycles. The van der Waals surface area contributed by atoms with Gasteiger partial charge in [0.05, 0.1) is 5.56 Å². The number of nitrogens with one attached hydrogen (secondary N) is 1. The molecule has 0 saturated carbocycles. The minimum Gasteiger partial charge on any atom is -0.478 e. The van der Waals surface area contributed by atoms with Crippen molar-refractivity contribution in [1.29, 1.82) is 0 Å². The van der Waals surface area contributed by atoms with Gasteiger partial charge in [-0.1, -0.05) is 0 Å². The molecule has 11 heavy (non-hydrogen) atoms. The van der Waals surface area contributed by atoms with E-state index in [2.05, 4.69) is 4.84 Å². The summed E-state index contributed by atoms with van der Waals surface area (Å²) in [4.78, 5) is 12.7. The molecule has 0 atom stereocenters. The van der Waals surface area contributed by atoms with E-state index < -0.39 is 5.97 Å². The maximum absolute atomic E-state index is 10.3. The fourth-order valence-corrected chi connectivity index (χ4v) is 0.802. The van der Waals surface area contributed by atoms with E-state index in [0.29, 0.717) is 5.69 Å². The molecule has 4 heteroatoms. The first kappa shape index (κ1) is 7.88. The van der Waals surface area contributed by atoms with Gasteiger partial charge >= 0.3 is 5.97 Å². The van der Waals surface area contributed by atoms with Gasteiger partial charge in [0, 0.05) is 17.5 Å². The standard InChI is InChI=1S/C7H6ClNO2/c8-9-6-3-1-5(2-4-6)7(10)11/h1-4,9H,(H,10,11). The average Bonchev–Trinajstić information content (AvgIpc) is 2.05. The van der Waals surface area contributed by atoms with Gasteiger partial charge in [-0.2, -0.15) is 0 Å². The van der Waals surface area contributed by atoms with Crippen LogP contribution in [0.3, 0.4) is 0 Å². The number of benzene rings is 1. The average molecular weight is 172 g/mol. The zero-order valence-corrected chi connectivity index (χ0v) is 6.30. The first-order valence-electron chi connectivity index (χ1n) is 2.94.